The summed E-state index contributed by atoms with van der Waals surface area (Å²) in [5, 5.41) is 36.3. The Labute approximate surface area is 344 Å². The molecule has 6 aromatic rings. The summed E-state index contributed by atoms with van der Waals surface area (Å²) >= 11 is 0. The predicted molar refractivity (Wildman–Crippen MR) is 225 cm³/mol. The molecular formula is C43H39F3N6O7S. The zero-order valence-electron chi connectivity index (χ0n) is 32.7. The number of hydrogen-bond donors (Lipinski definition) is 2. The number of rotatable bonds is 10. The highest BCUT2D eigenvalue weighted by molar-refractivity contribution is 7.88. The lowest BCUT2D eigenvalue weighted by molar-refractivity contribution is -0.385. The van der Waals surface area contributed by atoms with E-state index in [-0.39, 0.29) is 16.0 Å². The van der Waals surface area contributed by atoms with Crippen LogP contribution in [0.1, 0.15) is 44.4 Å². The van der Waals surface area contributed by atoms with Crippen LogP contribution in [0.15, 0.2) is 109 Å². The molecule has 3 N–H and O–H groups in total. The van der Waals surface area contributed by atoms with Gasteiger partial charge >= 0.3 is 21.3 Å². The summed E-state index contributed by atoms with van der Waals surface area (Å²) in [7, 11) is -6.00. The summed E-state index contributed by atoms with van der Waals surface area (Å²) in [5.74, 6) is 0.00528. The van der Waals surface area contributed by atoms with E-state index < -0.39 is 32.0 Å². The number of fused-ring (bicyclic) bond motifs is 2. The van der Waals surface area contributed by atoms with E-state index in [0.29, 0.717) is 34.2 Å². The monoisotopic (exact) mass is 840 g/mol. The van der Waals surface area contributed by atoms with Gasteiger partial charge in [-0.25, -0.2) is 4.85 Å². The quantitative estimate of drug-likeness (QED) is 0.0334. The molecule has 0 atom stereocenters. The van der Waals surface area contributed by atoms with E-state index >= 15 is 0 Å². The average molecular weight is 841 g/mol. The largest absolute Gasteiger partial charge is 0.534 e. The summed E-state index contributed by atoms with van der Waals surface area (Å²) in [6.07, 6.45) is 1.71. The summed E-state index contributed by atoms with van der Waals surface area (Å²) < 4.78 is 63.2. The molecule has 13 nitrogen and oxygen atoms in total. The maximum Gasteiger partial charge on any atom is 0.534 e. The second-order valence-corrected chi connectivity index (χ2v) is 15.7. The third kappa shape index (κ3) is 11.5. The molecule has 6 aromatic carbocycles. The molecule has 0 saturated heterocycles. The van der Waals surface area contributed by atoms with Crippen LogP contribution in [0.3, 0.4) is 0 Å². The first-order valence-electron chi connectivity index (χ1n) is 18.1. The average Bonchev–Trinajstić information content (AvgIpc) is 3.19. The second kappa shape index (κ2) is 19.5. The topological polar surface area (TPSA) is 196 Å². The fourth-order valence-electron chi connectivity index (χ4n) is 5.97. The Morgan fingerprint density at radius 3 is 1.90 bits per heavy atom. The Balaban J connectivity index is 0.000000210. The minimum atomic E-state index is -6.00. The highest BCUT2D eigenvalue weighted by Gasteiger charge is 2.49. The van der Waals surface area contributed by atoms with Gasteiger partial charge in [0.1, 0.15) is 5.69 Å². The maximum atomic E-state index is 12.4. The standard InChI is InChI=1S/C21H19N3O2.C11H6F3NO5S.C11H14N2/c1-14(2)12-16-13-17(22-3)9-10-19(16)23-21-18-7-5-4-6-15(18)8-11-20(21)24(25)26;12-11(13,14)21(18,19)20-10-8-4-2-1-3-7(8)5-6-9(10)15(16)17;1-8(2)5-10-6-9(7-12)3-4-11(10)13/h4-11,13-14,23H,12H2,1-2H3;1-6H;3-4,6,8H,5,13H2,1-2H3. The van der Waals surface area contributed by atoms with Crippen molar-refractivity contribution in [1.29, 1.82) is 5.26 Å². The summed E-state index contributed by atoms with van der Waals surface area (Å²) in [6.45, 7) is 15.7. The fraction of sp³-hybridized carbons (Fsp3) is 0.209. The molecule has 310 valence electrons. The van der Waals surface area contributed by atoms with Crippen molar-refractivity contribution in [1.82, 2.24) is 0 Å². The SMILES string of the molecule is CC(C)Cc1cc(C#N)ccc1N.O=[N+]([O-])c1ccc2ccccc2c1OS(=O)(=O)C(F)(F)F.[C-]#[N+]c1ccc(Nc2c([N+](=O)[O-])ccc3ccccc23)c(CC(C)C)c1. The van der Waals surface area contributed by atoms with Crippen molar-refractivity contribution in [3.8, 4) is 11.8 Å². The lowest BCUT2D eigenvalue weighted by Crippen LogP contribution is -2.28. The molecule has 0 unspecified atom stereocenters. The van der Waals surface area contributed by atoms with Crippen molar-refractivity contribution < 1.29 is 35.6 Å². The first-order chi connectivity index (χ1) is 28.3. The van der Waals surface area contributed by atoms with Crippen LogP contribution in [0.2, 0.25) is 0 Å². The van der Waals surface area contributed by atoms with Crippen molar-refractivity contribution in [2.45, 2.75) is 46.0 Å². The van der Waals surface area contributed by atoms with Gasteiger partial charge in [0, 0.05) is 34.3 Å². The zero-order valence-corrected chi connectivity index (χ0v) is 33.5. The van der Waals surface area contributed by atoms with Crippen LogP contribution in [-0.2, 0) is 23.0 Å². The molecule has 0 heterocycles. The summed E-state index contributed by atoms with van der Waals surface area (Å²) in [4.78, 5) is 24.5. The van der Waals surface area contributed by atoms with Crippen molar-refractivity contribution >= 4 is 65.8 Å². The van der Waals surface area contributed by atoms with E-state index in [2.05, 4.69) is 48.1 Å². The van der Waals surface area contributed by atoms with E-state index in [1.54, 1.807) is 24.3 Å². The van der Waals surface area contributed by atoms with Crippen LogP contribution in [-0.4, -0.2) is 23.8 Å². The highest BCUT2D eigenvalue weighted by atomic mass is 32.2. The van der Waals surface area contributed by atoms with Crippen molar-refractivity contribution in [3.63, 3.8) is 0 Å². The maximum absolute atomic E-state index is 12.4. The van der Waals surface area contributed by atoms with Crippen LogP contribution >= 0.6 is 0 Å². The highest BCUT2D eigenvalue weighted by Crippen LogP contribution is 2.39. The van der Waals surface area contributed by atoms with E-state index in [1.165, 1.54) is 36.4 Å². The minimum absolute atomic E-state index is 0.0356. The summed E-state index contributed by atoms with van der Waals surface area (Å²) in [5.41, 5.74) is 4.64. The first-order valence-corrected chi connectivity index (χ1v) is 19.6. The van der Waals surface area contributed by atoms with Gasteiger partial charge in [-0.15, -0.1) is 0 Å². The molecule has 0 aliphatic carbocycles. The number of hydrogen-bond acceptors (Lipinski definition) is 10. The van der Waals surface area contributed by atoms with Gasteiger partial charge in [-0.2, -0.15) is 26.9 Å². The van der Waals surface area contributed by atoms with Gasteiger partial charge in [0.2, 0.25) is 5.75 Å². The third-order valence-corrected chi connectivity index (χ3v) is 9.59. The summed E-state index contributed by atoms with van der Waals surface area (Å²) in [6, 6.07) is 31.6. The Kier molecular flexibility index (Phi) is 14.8. The van der Waals surface area contributed by atoms with Gasteiger partial charge in [-0.05, 0) is 83.0 Å². The van der Waals surface area contributed by atoms with Gasteiger partial charge in [0.25, 0.3) is 5.69 Å². The van der Waals surface area contributed by atoms with E-state index in [9.17, 15) is 41.8 Å². The molecule has 0 fully saturated rings. The molecule has 0 spiro atoms. The molecule has 17 heteroatoms. The molecule has 0 bridgehead atoms. The number of nitrogen functional groups attached to an aromatic ring is 1. The number of halogens is 3. The molecule has 6 rings (SSSR count). The van der Waals surface area contributed by atoms with Crippen molar-refractivity contribution in [3.05, 3.63) is 158 Å². The van der Waals surface area contributed by atoms with Crippen LogP contribution in [0.4, 0.5) is 47.3 Å². The minimum Gasteiger partial charge on any atom is -0.399 e. The van der Waals surface area contributed by atoms with Gasteiger partial charge < -0.3 is 15.2 Å². The smallest absolute Gasteiger partial charge is 0.399 e. The Morgan fingerprint density at radius 2 is 1.35 bits per heavy atom. The Bertz CT molecular complexity index is 2750. The normalized spacial score (nSPS) is 11.1. The first kappa shape index (κ1) is 45.5. The van der Waals surface area contributed by atoms with Crippen LogP contribution in [0.5, 0.6) is 5.75 Å². The Hall–Kier alpha value is -7.24. The molecule has 0 aromatic heterocycles. The third-order valence-electron chi connectivity index (χ3n) is 8.64. The number of nitriles is 1. The predicted octanol–water partition coefficient (Wildman–Crippen LogP) is 11.6. The number of benzene rings is 6. The van der Waals surface area contributed by atoms with Gasteiger partial charge in [0.05, 0.1) is 28.1 Å². The van der Waals surface area contributed by atoms with Crippen molar-refractivity contribution in [2.24, 2.45) is 11.8 Å². The van der Waals surface area contributed by atoms with Gasteiger partial charge in [-0.3, -0.25) is 20.2 Å². The fourth-order valence-corrected chi connectivity index (χ4v) is 6.46. The van der Waals surface area contributed by atoms with Crippen molar-refractivity contribution in [2.75, 3.05) is 11.1 Å². The number of anilines is 3. The van der Waals surface area contributed by atoms with Crippen LogP contribution in [0.25, 0.3) is 26.4 Å². The van der Waals surface area contributed by atoms with Gasteiger partial charge in [0.15, 0.2) is 5.69 Å². The number of nitrogens with two attached hydrogens (primary N) is 1. The second-order valence-electron chi connectivity index (χ2n) is 14.1. The lowest BCUT2D eigenvalue weighted by Gasteiger charge is -2.16. The number of nitrogens with one attached hydrogen (secondary N) is 1. The number of nitrogens with zero attached hydrogens (tertiary/aromatic N) is 4. The molecule has 0 saturated carbocycles. The molecule has 60 heavy (non-hydrogen) atoms. The molecule has 0 aliphatic rings. The van der Waals surface area contributed by atoms with Crippen LogP contribution in [0, 0.1) is 50.0 Å². The molecule has 0 amide bonds. The molecule has 0 radical (unpaired) electrons. The molecular weight excluding hydrogens is 802 g/mol. The van der Waals surface area contributed by atoms with E-state index in [0.717, 1.165) is 52.2 Å². The molecule has 0 aliphatic heterocycles. The number of alkyl halides is 3. The number of nitro groups is 2. The zero-order chi connectivity index (χ0) is 44.4. The van der Waals surface area contributed by atoms with Gasteiger partial charge in [-0.1, -0.05) is 88.4 Å². The Morgan fingerprint density at radius 1 is 0.800 bits per heavy atom. The van der Waals surface area contributed by atoms with E-state index in [4.69, 9.17) is 17.6 Å². The van der Waals surface area contributed by atoms with Crippen LogP contribution < -0.4 is 15.2 Å². The van der Waals surface area contributed by atoms with E-state index in [1.807, 2.05) is 42.5 Å². The lowest BCUT2D eigenvalue weighted by atomic mass is 10.00. The number of nitro benzene ring substituents is 2.